The second-order valence-electron chi connectivity index (χ2n) is 2.93. The monoisotopic (exact) mass is 190 g/mol. The van der Waals surface area contributed by atoms with Gasteiger partial charge in [0.1, 0.15) is 5.82 Å². The molecule has 0 spiro atoms. The van der Waals surface area contributed by atoms with E-state index in [2.05, 4.69) is 9.97 Å². The number of nitrogens with two attached hydrogens (primary N) is 1. The highest BCUT2D eigenvalue weighted by Gasteiger charge is 2.03. The molecule has 5 nitrogen and oxygen atoms in total. The van der Waals surface area contributed by atoms with E-state index in [1.54, 1.807) is 6.20 Å². The Morgan fingerprint density at radius 2 is 2.36 bits per heavy atom. The van der Waals surface area contributed by atoms with E-state index >= 15 is 0 Å². The third-order valence-electron chi connectivity index (χ3n) is 1.95. The molecule has 3 N–H and O–H groups in total. The third-order valence-corrected chi connectivity index (χ3v) is 1.95. The maximum absolute atomic E-state index is 11.2. The second-order valence-corrected chi connectivity index (χ2v) is 2.93. The molecule has 0 aliphatic heterocycles. The lowest BCUT2D eigenvalue weighted by Crippen LogP contribution is -2.19. The number of nitrogens with zero attached hydrogens (tertiary/aromatic N) is 2. The summed E-state index contributed by atoms with van der Waals surface area (Å²) in [5.74, 6) is 0.417. The van der Waals surface area contributed by atoms with E-state index in [9.17, 15) is 4.79 Å². The molecule has 0 saturated heterocycles. The van der Waals surface area contributed by atoms with Gasteiger partial charge in [0.2, 0.25) is 0 Å². The Kier molecular flexibility index (Phi) is 2.06. The molecule has 0 amide bonds. The van der Waals surface area contributed by atoms with Gasteiger partial charge in [-0.3, -0.25) is 9.55 Å². The molecule has 0 saturated carbocycles. The van der Waals surface area contributed by atoms with Gasteiger partial charge in [-0.05, 0) is 12.1 Å². The summed E-state index contributed by atoms with van der Waals surface area (Å²) in [5, 5.41) is 0. The van der Waals surface area contributed by atoms with Crippen molar-refractivity contribution >= 4 is 5.82 Å². The van der Waals surface area contributed by atoms with Crippen LogP contribution in [0.3, 0.4) is 0 Å². The van der Waals surface area contributed by atoms with E-state index < -0.39 is 0 Å². The van der Waals surface area contributed by atoms with Crippen molar-refractivity contribution in [3.05, 3.63) is 46.8 Å². The van der Waals surface area contributed by atoms with Gasteiger partial charge >= 0.3 is 5.69 Å². The normalized spacial score (nSPS) is 10.3. The predicted molar refractivity (Wildman–Crippen MR) is 52.8 cm³/mol. The number of hydrogen-bond donors (Lipinski definition) is 2. The summed E-state index contributed by atoms with van der Waals surface area (Å²) in [6.45, 7) is 0.398. The number of nitrogen functional groups attached to an aromatic ring is 1. The predicted octanol–water partition coefficient (Wildman–Crippen LogP) is 0.202. The van der Waals surface area contributed by atoms with E-state index in [1.165, 1.54) is 10.8 Å². The van der Waals surface area contributed by atoms with Gasteiger partial charge < -0.3 is 10.7 Å². The van der Waals surface area contributed by atoms with Gasteiger partial charge in [0, 0.05) is 12.4 Å². The number of H-pyrrole nitrogens is 1. The SMILES string of the molecule is Nc1c[nH]c(=O)n1Cc1ccccn1. The Morgan fingerprint density at radius 3 is 2.93 bits per heavy atom. The number of imidazole rings is 1. The molecule has 0 fully saturated rings. The highest BCUT2D eigenvalue weighted by Crippen LogP contribution is 2.00. The van der Waals surface area contributed by atoms with E-state index in [1.807, 2.05) is 18.2 Å². The van der Waals surface area contributed by atoms with Crippen LogP contribution in [0.15, 0.2) is 35.4 Å². The van der Waals surface area contributed by atoms with Crippen molar-refractivity contribution in [2.24, 2.45) is 0 Å². The Hall–Kier alpha value is -2.04. The summed E-state index contributed by atoms with van der Waals surface area (Å²) >= 11 is 0. The van der Waals surface area contributed by atoms with Crippen molar-refractivity contribution < 1.29 is 0 Å². The fourth-order valence-corrected chi connectivity index (χ4v) is 1.23. The molecule has 0 radical (unpaired) electrons. The molecule has 2 rings (SSSR count). The van der Waals surface area contributed by atoms with Crippen molar-refractivity contribution in [1.82, 2.24) is 14.5 Å². The first-order valence-corrected chi connectivity index (χ1v) is 4.21. The van der Waals surface area contributed by atoms with Crippen molar-refractivity contribution in [3.8, 4) is 0 Å². The zero-order chi connectivity index (χ0) is 9.97. The standard InChI is InChI=1S/C9H10N4O/c10-8-5-12-9(14)13(8)6-7-3-1-2-4-11-7/h1-5H,6,10H2,(H,12,14). The van der Waals surface area contributed by atoms with Crippen LogP contribution >= 0.6 is 0 Å². The number of hydrogen-bond acceptors (Lipinski definition) is 3. The smallest absolute Gasteiger partial charge is 0.327 e. The molecule has 0 unspecified atom stereocenters. The number of pyridine rings is 1. The molecular formula is C9H10N4O. The first kappa shape index (κ1) is 8.55. The number of aromatic amines is 1. The molecule has 14 heavy (non-hydrogen) atoms. The van der Waals surface area contributed by atoms with E-state index in [0.717, 1.165) is 5.69 Å². The molecule has 72 valence electrons. The third kappa shape index (κ3) is 1.52. The Bertz CT molecular complexity index is 471. The van der Waals surface area contributed by atoms with Gasteiger partial charge in [-0.15, -0.1) is 0 Å². The summed E-state index contributed by atoms with van der Waals surface area (Å²) in [7, 11) is 0. The van der Waals surface area contributed by atoms with Crippen molar-refractivity contribution in [2.75, 3.05) is 5.73 Å². The van der Waals surface area contributed by atoms with Gasteiger partial charge in [-0.25, -0.2) is 4.79 Å². The molecule has 5 heteroatoms. The lowest BCUT2D eigenvalue weighted by atomic mass is 10.3. The largest absolute Gasteiger partial charge is 0.384 e. The lowest BCUT2D eigenvalue weighted by Gasteiger charge is -2.01. The maximum Gasteiger partial charge on any atom is 0.327 e. The minimum atomic E-state index is -0.215. The lowest BCUT2D eigenvalue weighted by molar-refractivity contribution is 0.751. The number of rotatable bonds is 2. The number of aromatic nitrogens is 3. The van der Waals surface area contributed by atoms with Crippen molar-refractivity contribution in [1.29, 1.82) is 0 Å². The molecule has 0 aromatic carbocycles. The highest BCUT2D eigenvalue weighted by atomic mass is 16.1. The van der Waals surface area contributed by atoms with Crippen molar-refractivity contribution in [2.45, 2.75) is 6.54 Å². The molecule has 0 aliphatic carbocycles. The van der Waals surface area contributed by atoms with Crippen LogP contribution in [0, 0.1) is 0 Å². The Balaban J connectivity index is 2.32. The van der Waals surface area contributed by atoms with Gasteiger partial charge in [0.15, 0.2) is 0 Å². The topological polar surface area (TPSA) is 76.7 Å². The van der Waals surface area contributed by atoms with Gasteiger partial charge in [0.25, 0.3) is 0 Å². The van der Waals surface area contributed by atoms with Crippen LogP contribution in [-0.4, -0.2) is 14.5 Å². The van der Waals surface area contributed by atoms with E-state index in [-0.39, 0.29) is 5.69 Å². The van der Waals surface area contributed by atoms with Crippen LogP contribution in [0.1, 0.15) is 5.69 Å². The number of anilines is 1. The van der Waals surface area contributed by atoms with E-state index in [4.69, 9.17) is 5.73 Å². The first-order valence-electron chi connectivity index (χ1n) is 4.21. The summed E-state index contributed by atoms with van der Waals surface area (Å²) in [6, 6.07) is 5.54. The molecule has 0 bridgehead atoms. The van der Waals surface area contributed by atoms with Crippen LogP contribution < -0.4 is 11.4 Å². The van der Waals surface area contributed by atoms with Crippen LogP contribution in [0.25, 0.3) is 0 Å². The van der Waals surface area contributed by atoms with Gasteiger partial charge in [0.05, 0.1) is 12.2 Å². The minimum Gasteiger partial charge on any atom is -0.384 e. The number of nitrogens with one attached hydrogen (secondary N) is 1. The molecule has 2 heterocycles. The Morgan fingerprint density at radius 1 is 1.50 bits per heavy atom. The average Bonchev–Trinajstić information content (AvgIpc) is 2.51. The fraction of sp³-hybridized carbons (Fsp3) is 0.111. The van der Waals surface area contributed by atoms with Crippen LogP contribution in [-0.2, 0) is 6.54 Å². The molecule has 0 atom stereocenters. The highest BCUT2D eigenvalue weighted by molar-refractivity contribution is 5.25. The maximum atomic E-state index is 11.2. The molecular weight excluding hydrogens is 180 g/mol. The first-order chi connectivity index (χ1) is 6.77. The summed E-state index contributed by atoms with van der Waals surface area (Å²) in [6.07, 6.45) is 3.16. The minimum absolute atomic E-state index is 0.215. The van der Waals surface area contributed by atoms with Crippen LogP contribution in [0.4, 0.5) is 5.82 Å². The molecule has 2 aromatic rings. The Labute approximate surface area is 80.2 Å². The summed E-state index contributed by atoms with van der Waals surface area (Å²) in [4.78, 5) is 17.9. The zero-order valence-electron chi connectivity index (χ0n) is 7.47. The average molecular weight is 190 g/mol. The summed E-state index contributed by atoms with van der Waals surface area (Å²) in [5.41, 5.74) is 6.18. The van der Waals surface area contributed by atoms with Crippen LogP contribution in [0.5, 0.6) is 0 Å². The second kappa shape index (κ2) is 3.37. The molecule has 2 aromatic heterocycles. The zero-order valence-corrected chi connectivity index (χ0v) is 7.47. The van der Waals surface area contributed by atoms with Gasteiger partial charge in [-0.1, -0.05) is 6.07 Å². The van der Waals surface area contributed by atoms with Gasteiger partial charge in [-0.2, -0.15) is 0 Å². The van der Waals surface area contributed by atoms with Crippen LogP contribution in [0.2, 0.25) is 0 Å². The van der Waals surface area contributed by atoms with Crippen molar-refractivity contribution in [3.63, 3.8) is 0 Å². The fourth-order valence-electron chi connectivity index (χ4n) is 1.23. The summed E-state index contributed by atoms with van der Waals surface area (Å²) < 4.78 is 1.43. The molecule has 0 aliphatic rings. The quantitative estimate of drug-likeness (QED) is 0.710. The van der Waals surface area contributed by atoms with E-state index in [0.29, 0.717) is 12.4 Å².